The molecule has 0 aliphatic heterocycles. The molecule has 0 fully saturated rings. The van der Waals surface area contributed by atoms with Gasteiger partial charge in [0.25, 0.3) is 11.8 Å². The van der Waals surface area contributed by atoms with Crippen molar-refractivity contribution in [3.63, 3.8) is 0 Å². The zero-order valence-corrected chi connectivity index (χ0v) is 21.2. The Morgan fingerprint density at radius 1 is 1.08 bits per heavy atom. The van der Waals surface area contributed by atoms with Gasteiger partial charge < -0.3 is 20.1 Å². The number of anilines is 1. The molecule has 2 aromatic heterocycles. The maximum atomic E-state index is 13.5. The summed E-state index contributed by atoms with van der Waals surface area (Å²) in [5.74, 6) is -2.29. The number of hydrogen-bond acceptors (Lipinski definition) is 7. The van der Waals surface area contributed by atoms with Crippen LogP contribution in [-0.4, -0.2) is 58.1 Å². The Bertz CT molecular complexity index is 1380. The van der Waals surface area contributed by atoms with Crippen molar-refractivity contribution in [2.75, 3.05) is 32.5 Å². The first-order valence-electron chi connectivity index (χ1n) is 11.0. The molecule has 0 saturated carbocycles. The second-order valence-corrected chi connectivity index (χ2v) is 10.3. The second-order valence-electron chi connectivity index (χ2n) is 7.85. The Kier molecular flexibility index (Phi) is 6.79. The third-order valence-electron chi connectivity index (χ3n) is 5.34. The van der Waals surface area contributed by atoms with Gasteiger partial charge in [-0.1, -0.05) is 23.9 Å². The van der Waals surface area contributed by atoms with Gasteiger partial charge in [-0.15, -0.1) is 4.68 Å². The molecule has 0 aliphatic rings. The van der Waals surface area contributed by atoms with Crippen molar-refractivity contribution in [3.8, 4) is 11.6 Å². The van der Waals surface area contributed by atoms with Crippen molar-refractivity contribution in [2.45, 2.75) is 32.2 Å². The first-order valence-corrected chi connectivity index (χ1v) is 13.0. The molecular weight excluding hydrogens is 527 g/mol. The molecule has 2 heterocycles. The van der Waals surface area contributed by atoms with Crippen LogP contribution < -0.4 is 19.9 Å². The number of fused-ring (bicyclic) bond motifs is 1. The van der Waals surface area contributed by atoms with Gasteiger partial charge in [0.1, 0.15) is 16.2 Å². The van der Waals surface area contributed by atoms with Crippen LogP contribution in [0.2, 0.25) is 0 Å². The minimum Gasteiger partial charge on any atom is -0.497 e. The summed E-state index contributed by atoms with van der Waals surface area (Å²) in [4.78, 5) is 25.5. The van der Waals surface area contributed by atoms with Crippen molar-refractivity contribution in [2.24, 2.45) is 0 Å². The van der Waals surface area contributed by atoms with Gasteiger partial charge in [0.15, 0.2) is 6.54 Å². The van der Waals surface area contributed by atoms with Crippen LogP contribution >= 0.6 is 10.2 Å². The van der Waals surface area contributed by atoms with Crippen molar-refractivity contribution in [1.29, 1.82) is 0 Å². The molecule has 0 aliphatic carbocycles. The maximum absolute atomic E-state index is 13.5. The fourth-order valence-corrected chi connectivity index (χ4v) is 4.25. The third kappa shape index (κ3) is 5.84. The van der Waals surface area contributed by atoms with Crippen molar-refractivity contribution < 1.29 is 43.2 Å². The van der Waals surface area contributed by atoms with Gasteiger partial charge in [0.05, 0.1) is 13.7 Å². The normalized spacial score (nSPS) is 13.6. The van der Waals surface area contributed by atoms with Gasteiger partial charge in [-0.05, 0) is 43.1 Å². The van der Waals surface area contributed by atoms with Gasteiger partial charge in [0, 0.05) is 30.8 Å². The van der Waals surface area contributed by atoms with Crippen LogP contribution in [0.15, 0.2) is 29.2 Å². The molecule has 0 radical (unpaired) electrons. The first-order chi connectivity index (χ1) is 17.0. The Balaban J connectivity index is 2.17. The zero-order chi connectivity index (χ0) is 27.8. The number of benzene rings is 1. The van der Waals surface area contributed by atoms with Crippen LogP contribution in [-0.2, 0) is 6.54 Å². The highest BCUT2D eigenvalue weighted by Crippen LogP contribution is 3.02. The fourth-order valence-electron chi connectivity index (χ4n) is 3.57. The molecule has 0 spiro atoms. The summed E-state index contributed by atoms with van der Waals surface area (Å²) >= 11 is 0. The van der Waals surface area contributed by atoms with E-state index in [1.54, 1.807) is 20.8 Å². The second kappa shape index (κ2) is 9.00. The van der Waals surface area contributed by atoms with Crippen LogP contribution in [0.1, 0.15) is 41.5 Å². The Hall–Kier alpha value is -3.69. The summed E-state index contributed by atoms with van der Waals surface area (Å²) < 4.78 is 79.5. The highest BCUT2D eigenvalue weighted by Gasteiger charge is 2.65. The molecule has 3 rings (SSSR count). The minimum absolute atomic E-state index is 0.0116. The number of halogens is 5. The van der Waals surface area contributed by atoms with Gasteiger partial charge >= 0.3 is 21.8 Å². The molecule has 0 unspecified atom stereocenters. The van der Waals surface area contributed by atoms with E-state index in [2.05, 4.69) is 10.2 Å². The van der Waals surface area contributed by atoms with Crippen molar-refractivity contribution >= 4 is 33.5 Å². The Morgan fingerprint density at radius 3 is 2.27 bits per heavy atom. The highest BCUT2D eigenvalue weighted by atomic mass is 32.5. The Morgan fingerprint density at radius 2 is 1.73 bits per heavy atom. The SMILES string of the molecule is CCOc1cc(C(=O)N(CC)CC)c2n(n1)c(N)n[n+]2CC(=O)c1cc(OC)cc(S(F)(F)(F)(F)F)c1. The molecule has 0 bridgehead atoms. The molecule has 0 atom stereocenters. The van der Waals surface area contributed by atoms with E-state index >= 15 is 0 Å². The minimum atomic E-state index is -10.1. The number of carbonyl (C=O) groups is 2. The average Bonchev–Trinajstić information content (AvgIpc) is 3.12. The summed E-state index contributed by atoms with van der Waals surface area (Å²) in [7, 11) is -9.15. The summed E-state index contributed by atoms with van der Waals surface area (Å²) in [6.07, 6.45) is 0. The van der Waals surface area contributed by atoms with Crippen LogP contribution in [0, 0.1) is 0 Å². The third-order valence-corrected chi connectivity index (χ3v) is 6.47. The molecule has 2 N–H and O–H groups in total. The van der Waals surface area contributed by atoms with Gasteiger partial charge in [-0.25, -0.2) is 0 Å². The van der Waals surface area contributed by atoms with E-state index in [9.17, 15) is 29.0 Å². The molecule has 204 valence electrons. The Labute approximate surface area is 208 Å². The number of hydrogen-bond donors (Lipinski definition) is 1. The fraction of sp³-hybridized carbons (Fsp3) is 0.381. The van der Waals surface area contributed by atoms with Crippen LogP contribution in [0.25, 0.3) is 5.65 Å². The van der Waals surface area contributed by atoms with Gasteiger partial charge in [-0.2, -0.15) is 0 Å². The predicted octanol–water partition coefficient (Wildman–Crippen LogP) is 4.03. The van der Waals surface area contributed by atoms with E-state index in [0.29, 0.717) is 13.1 Å². The van der Waals surface area contributed by atoms with E-state index in [4.69, 9.17) is 15.2 Å². The summed E-state index contributed by atoms with van der Waals surface area (Å²) in [6.45, 7) is 5.36. The smallest absolute Gasteiger partial charge is 0.355 e. The van der Waals surface area contributed by atoms with Crippen molar-refractivity contribution in [3.05, 3.63) is 35.4 Å². The lowest BCUT2D eigenvalue weighted by Crippen LogP contribution is -2.42. The number of rotatable bonds is 10. The number of nitrogens with two attached hydrogens (primary N) is 1. The molecule has 0 saturated heterocycles. The van der Waals surface area contributed by atoms with Gasteiger partial charge in [-0.3, -0.25) is 9.59 Å². The maximum Gasteiger partial charge on any atom is 0.355 e. The molecule has 1 aromatic carbocycles. The summed E-state index contributed by atoms with van der Waals surface area (Å²) in [6, 6.07) is 2.40. The predicted molar refractivity (Wildman–Crippen MR) is 125 cm³/mol. The number of ether oxygens (including phenoxy) is 2. The number of carbonyl (C=O) groups excluding carboxylic acids is 2. The molecule has 1 amide bonds. The molecule has 3 aromatic rings. The van der Waals surface area contributed by atoms with E-state index < -0.39 is 44.7 Å². The van der Waals surface area contributed by atoms with Gasteiger partial charge in [0.2, 0.25) is 5.78 Å². The van der Waals surface area contributed by atoms with E-state index in [0.717, 1.165) is 22.4 Å². The molecule has 37 heavy (non-hydrogen) atoms. The number of methoxy groups -OCH3 is 1. The average molecular weight is 554 g/mol. The monoisotopic (exact) mass is 553 g/mol. The van der Waals surface area contributed by atoms with Crippen molar-refractivity contribution in [1.82, 2.24) is 19.6 Å². The van der Waals surface area contributed by atoms with Crippen LogP contribution in [0.4, 0.5) is 25.4 Å². The zero-order valence-electron chi connectivity index (χ0n) is 20.4. The number of ketones is 1. The number of nitrogen functional groups attached to an aromatic ring is 1. The van der Waals surface area contributed by atoms with E-state index in [1.165, 1.54) is 11.0 Å². The lowest BCUT2D eigenvalue weighted by Gasteiger charge is -2.40. The molecule has 16 heteroatoms. The molecule has 10 nitrogen and oxygen atoms in total. The summed E-state index contributed by atoms with van der Waals surface area (Å²) in [5.41, 5.74) is 5.21. The lowest BCUT2D eigenvalue weighted by atomic mass is 10.1. The first kappa shape index (κ1) is 27.9. The lowest BCUT2D eigenvalue weighted by molar-refractivity contribution is -0.714. The highest BCUT2D eigenvalue weighted by molar-refractivity contribution is 8.45. The number of aromatic nitrogens is 4. The largest absolute Gasteiger partial charge is 0.497 e. The number of nitrogens with zero attached hydrogens (tertiary/aromatic N) is 5. The van der Waals surface area contributed by atoms with E-state index in [1.807, 2.05) is 0 Å². The quantitative estimate of drug-likeness (QED) is 0.229. The van der Waals surface area contributed by atoms with Crippen LogP contribution in [0.3, 0.4) is 0 Å². The number of amides is 1. The standard InChI is InChI=1S/C21H26F5N6O4S/c1-5-30(6-2)20(34)16-11-18(36-7-3)28-32-19(16)31(29-21(32)27)12-17(33)13-8-14(35-4)10-15(9-13)37(22,23,24,25)26/h8-11H,5-7,12H2,1-4H3,(H2,27,29)/q+1. The van der Waals surface area contributed by atoms with Crippen LogP contribution in [0.5, 0.6) is 11.6 Å². The molecular formula is C21H26F5N6O4S+. The van der Waals surface area contributed by atoms with E-state index in [-0.39, 0.29) is 41.8 Å². The number of Topliss-reactive ketones (excluding diaryl/α,β-unsaturated/α-hetero) is 1. The topological polar surface area (TPSA) is 116 Å². The summed E-state index contributed by atoms with van der Waals surface area (Å²) in [5, 5.41) is 8.16.